The van der Waals surface area contributed by atoms with Gasteiger partial charge in [-0.1, -0.05) is 20.8 Å². The highest BCUT2D eigenvalue weighted by Gasteiger charge is 2.11. The number of nitrogens with one attached hydrogen (secondary N) is 1. The Morgan fingerprint density at radius 1 is 1.43 bits per heavy atom. The lowest BCUT2D eigenvalue weighted by molar-refractivity contribution is 0.508. The fourth-order valence-corrected chi connectivity index (χ4v) is 1.34. The summed E-state index contributed by atoms with van der Waals surface area (Å²) in [5, 5.41) is 3.18. The first kappa shape index (κ1) is 10.9. The molecule has 14 heavy (non-hydrogen) atoms. The molecule has 0 saturated heterocycles. The molecule has 1 atom stereocenters. The molecule has 0 aliphatic heterocycles. The van der Waals surface area contributed by atoms with Crippen molar-refractivity contribution in [3.05, 3.63) is 18.3 Å². The summed E-state index contributed by atoms with van der Waals surface area (Å²) >= 11 is 0. The molecule has 0 amide bonds. The van der Waals surface area contributed by atoms with Gasteiger partial charge in [0.2, 0.25) is 5.95 Å². The molecule has 4 heteroatoms. The van der Waals surface area contributed by atoms with Gasteiger partial charge < -0.3 is 5.32 Å². The summed E-state index contributed by atoms with van der Waals surface area (Å²) in [6, 6.07) is 1.63. The van der Waals surface area contributed by atoms with Gasteiger partial charge in [0.15, 0.2) is 0 Å². The topological polar surface area (TPSA) is 37.8 Å². The van der Waals surface area contributed by atoms with Gasteiger partial charge in [0.05, 0.1) is 0 Å². The van der Waals surface area contributed by atoms with E-state index < -0.39 is 5.95 Å². The van der Waals surface area contributed by atoms with Gasteiger partial charge in [-0.3, -0.25) is 0 Å². The Bertz CT molecular complexity index is 288. The third-order valence-corrected chi connectivity index (χ3v) is 2.21. The molecule has 1 unspecified atom stereocenters. The number of halogens is 1. The highest BCUT2D eigenvalue weighted by atomic mass is 19.1. The summed E-state index contributed by atoms with van der Waals surface area (Å²) in [5.41, 5.74) is 0. The van der Waals surface area contributed by atoms with E-state index in [2.05, 4.69) is 36.1 Å². The van der Waals surface area contributed by atoms with Crippen molar-refractivity contribution in [1.29, 1.82) is 0 Å². The summed E-state index contributed by atoms with van der Waals surface area (Å²) in [6.07, 6.45) is 2.22. The molecular formula is C10H16FN3. The van der Waals surface area contributed by atoms with Crippen molar-refractivity contribution in [1.82, 2.24) is 9.97 Å². The SMILES string of the molecule is CCC(Nc1cc(F)ncn1)C(C)C. The van der Waals surface area contributed by atoms with E-state index in [1.807, 2.05) is 0 Å². The molecule has 0 spiro atoms. The Balaban J connectivity index is 2.67. The zero-order chi connectivity index (χ0) is 10.6. The average Bonchev–Trinajstić information content (AvgIpc) is 2.14. The van der Waals surface area contributed by atoms with Crippen LogP contribution in [0, 0.1) is 11.9 Å². The minimum Gasteiger partial charge on any atom is -0.367 e. The molecule has 3 nitrogen and oxygen atoms in total. The summed E-state index contributed by atoms with van der Waals surface area (Å²) in [7, 11) is 0. The lowest BCUT2D eigenvalue weighted by Gasteiger charge is -2.20. The van der Waals surface area contributed by atoms with Crippen molar-refractivity contribution < 1.29 is 4.39 Å². The smallest absolute Gasteiger partial charge is 0.217 e. The predicted molar refractivity (Wildman–Crippen MR) is 54.5 cm³/mol. The second-order valence-corrected chi connectivity index (χ2v) is 3.63. The van der Waals surface area contributed by atoms with Crippen LogP contribution in [0.25, 0.3) is 0 Å². The molecule has 0 fully saturated rings. The summed E-state index contributed by atoms with van der Waals surface area (Å²) < 4.78 is 12.7. The van der Waals surface area contributed by atoms with Crippen LogP contribution in [-0.4, -0.2) is 16.0 Å². The monoisotopic (exact) mass is 197 g/mol. The number of rotatable bonds is 4. The first-order valence-corrected chi connectivity index (χ1v) is 4.87. The van der Waals surface area contributed by atoms with Crippen molar-refractivity contribution >= 4 is 5.82 Å². The predicted octanol–water partition coefficient (Wildman–Crippen LogP) is 2.46. The summed E-state index contributed by atoms with van der Waals surface area (Å²) in [6.45, 7) is 6.34. The molecule has 78 valence electrons. The number of hydrogen-bond acceptors (Lipinski definition) is 3. The maximum absolute atomic E-state index is 12.7. The van der Waals surface area contributed by atoms with Gasteiger partial charge in [0.25, 0.3) is 0 Å². The van der Waals surface area contributed by atoms with Gasteiger partial charge in [-0.2, -0.15) is 4.39 Å². The normalized spacial score (nSPS) is 12.9. The molecule has 0 bridgehead atoms. The molecule has 0 radical (unpaired) electrons. The highest BCUT2D eigenvalue weighted by Crippen LogP contribution is 2.12. The van der Waals surface area contributed by atoms with Crippen LogP contribution >= 0.6 is 0 Å². The van der Waals surface area contributed by atoms with Crippen LogP contribution in [0.2, 0.25) is 0 Å². The molecule has 1 aromatic rings. The van der Waals surface area contributed by atoms with E-state index in [4.69, 9.17) is 0 Å². The van der Waals surface area contributed by atoms with Crippen LogP contribution in [0.5, 0.6) is 0 Å². The van der Waals surface area contributed by atoms with Gasteiger partial charge in [0, 0.05) is 12.1 Å². The fraction of sp³-hybridized carbons (Fsp3) is 0.600. The van der Waals surface area contributed by atoms with Crippen LogP contribution in [0.1, 0.15) is 27.2 Å². The molecule has 1 heterocycles. The zero-order valence-electron chi connectivity index (χ0n) is 8.79. The molecule has 0 aliphatic rings. The molecule has 0 saturated carbocycles. The first-order chi connectivity index (χ1) is 6.63. The van der Waals surface area contributed by atoms with Gasteiger partial charge >= 0.3 is 0 Å². The van der Waals surface area contributed by atoms with E-state index in [0.29, 0.717) is 17.8 Å². The highest BCUT2D eigenvalue weighted by molar-refractivity contribution is 5.33. The van der Waals surface area contributed by atoms with Gasteiger partial charge in [-0.05, 0) is 12.3 Å². The molecule has 1 rings (SSSR count). The Morgan fingerprint density at radius 2 is 2.14 bits per heavy atom. The molecule has 1 aromatic heterocycles. The van der Waals surface area contributed by atoms with Crippen molar-refractivity contribution in [2.24, 2.45) is 5.92 Å². The van der Waals surface area contributed by atoms with E-state index in [1.165, 1.54) is 12.4 Å². The lowest BCUT2D eigenvalue weighted by atomic mass is 10.0. The molecule has 0 aromatic carbocycles. The average molecular weight is 197 g/mol. The summed E-state index contributed by atoms with van der Waals surface area (Å²) in [5.74, 6) is 0.553. The summed E-state index contributed by atoms with van der Waals surface area (Å²) in [4.78, 5) is 7.35. The minimum atomic E-state index is -0.499. The number of hydrogen-bond donors (Lipinski definition) is 1. The Hall–Kier alpha value is -1.19. The van der Waals surface area contributed by atoms with E-state index in [0.717, 1.165) is 6.42 Å². The van der Waals surface area contributed by atoms with Crippen LogP contribution in [0.4, 0.5) is 10.2 Å². The van der Waals surface area contributed by atoms with Crippen molar-refractivity contribution in [2.45, 2.75) is 33.2 Å². The van der Waals surface area contributed by atoms with Crippen molar-refractivity contribution in [3.8, 4) is 0 Å². The number of anilines is 1. The maximum Gasteiger partial charge on any atom is 0.217 e. The quantitative estimate of drug-likeness (QED) is 0.753. The number of nitrogens with zero attached hydrogens (tertiary/aromatic N) is 2. The van der Waals surface area contributed by atoms with E-state index in [9.17, 15) is 4.39 Å². The van der Waals surface area contributed by atoms with Gasteiger partial charge in [-0.15, -0.1) is 0 Å². The lowest BCUT2D eigenvalue weighted by Crippen LogP contribution is -2.25. The molecular weight excluding hydrogens is 181 g/mol. The largest absolute Gasteiger partial charge is 0.367 e. The van der Waals surface area contributed by atoms with Crippen LogP contribution in [0.15, 0.2) is 12.4 Å². The third-order valence-electron chi connectivity index (χ3n) is 2.21. The van der Waals surface area contributed by atoms with Crippen molar-refractivity contribution in [3.63, 3.8) is 0 Å². The Kier molecular flexibility index (Phi) is 3.80. The second-order valence-electron chi connectivity index (χ2n) is 3.63. The van der Waals surface area contributed by atoms with Gasteiger partial charge in [-0.25, -0.2) is 9.97 Å². The zero-order valence-corrected chi connectivity index (χ0v) is 8.79. The maximum atomic E-state index is 12.7. The van der Waals surface area contributed by atoms with E-state index >= 15 is 0 Å². The molecule has 1 N–H and O–H groups in total. The minimum absolute atomic E-state index is 0.323. The number of aromatic nitrogens is 2. The van der Waals surface area contributed by atoms with Crippen molar-refractivity contribution in [2.75, 3.05) is 5.32 Å². The Morgan fingerprint density at radius 3 is 2.64 bits per heavy atom. The fourth-order valence-electron chi connectivity index (χ4n) is 1.34. The third kappa shape index (κ3) is 2.94. The van der Waals surface area contributed by atoms with Crippen LogP contribution in [0.3, 0.4) is 0 Å². The second kappa shape index (κ2) is 4.88. The van der Waals surface area contributed by atoms with Crippen LogP contribution in [-0.2, 0) is 0 Å². The van der Waals surface area contributed by atoms with E-state index in [1.54, 1.807) is 0 Å². The van der Waals surface area contributed by atoms with Crippen LogP contribution < -0.4 is 5.32 Å². The Labute approximate surface area is 83.8 Å². The first-order valence-electron chi connectivity index (χ1n) is 4.87. The molecule has 0 aliphatic carbocycles. The van der Waals surface area contributed by atoms with E-state index in [-0.39, 0.29) is 0 Å². The standard InChI is InChI=1S/C10H16FN3/c1-4-8(7(2)3)14-10-5-9(11)12-6-13-10/h5-8H,4H2,1-3H3,(H,12,13,14). The van der Waals surface area contributed by atoms with Gasteiger partial charge in [0.1, 0.15) is 12.1 Å².